The Morgan fingerprint density at radius 3 is 2.79 bits per heavy atom. The van der Waals surface area contributed by atoms with E-state index in [1.165, 1.54) is 0 Å². The molecule has 0 atom stereocenters. The monoisotopic (exact) mass is 262 g/mol. The minimum atomic E-state index is -0.154. The van der Waals surface area contributed by atoms with Crippen molar-refractivity contribution in [3.05, 3.63) is 35.1 Å². The normalized spacial score (nSPS) is 10.7. The highest BCUT2D eigenvalue weighted by Gasteiger charge is 2.09. The summed E-state index contributed by atoms with van der Waals surface area (Å²) in [6.07, 6.45) is 6.37. The summed E-state index contributed by atoms with van der Waals surface area (Å²) in [5, 5.41) is 3.25. The highest BCUT2D eigenvalue weighted by Crippen LogP contribution is 2.13. The molecule has 0 aromatic heterocycles. The molecule has 0 saturated heterocycles. The van der Waals surface area contributed by atoms with Gasteiger partial charge in [-0.2, -0.15) is 0 Å². The molecule has 0 aliphatic heterocycles. The molecule has 0 fully saturated rings. The maximum Gasteiger partial charge on any atom is 0.127 e. The first-order valence-electron chi connectivity index (χ1n) is 6.85. The van der Waals surface area contributed by atoms with Gasteiger partial charge in [0.1, 0.15) is 5.82 Å². The fraction of sp³-hybridized carbons (Fsp3) is 0.500. The van der Waals surface area contributed by atoms with E-state index in [1.54, 1.807) is 6.07 Å². The van der Waals surface area contributed by atoms with Crippen LogP contribution in [0.1, 0.15) is 31.4 Å². The predicted molar refractivity (Wildman–Crippen MR) is 78.2 cm³/mol. The lowest BCUT2D eigenvalue weighted by Gasteiger charge is -2.19. The van der Waals surface area contributed by atoms with Gasteiger partial charge in [0.25, 0.3) is 0 Å². The molecule has 1 aromatic rings. The molecule has 0 radical (unpaired) electrons. The van der Waals surface area contributed by atoms with E-state index < -0.39 is 0 Å². The summed E-state index contributed by atoms with van der Waals surface area (Å²) in [5.74, 6) is 2.48. The maximum atomic E-state index is 13.8. The molecule has 104 valence electrons. The Kier molecular flexibility index (Phi) is 7.17. The number of hydrogen-bond acceptors (Lipinski definition) is 2. The van der Waals surface area contributed by atoms with Gasteiger partial charge >= 0.3 is 0 Å². The van der Waals surface area contributed by atoms with Crippen molar-refractivity contribution in [1.82, 2.24) is 10.2 Å². The number of nitrogens with one attached hydrogen (secondary N) is 1. The van der Waals surface area contributed by atoms with Gasteiger partial charge in [-0.3, -0.25) is 4.90 Å². The molecule has 0 heterocycles. The maximum absolute atomic E-state index is 13.8. The van der Waals surface area contributed by atoms with E-state index in [2.05, 4.69) is 30.0 Å². The fourth-order valence-corrected chi connectivity index (χ4v) is 2.03. The lowest BCUT2D eigenvalue weighted by Crippen LogP contribution is -2.25. The van der Waals surface area contributed by atoms with Crippen LogP contribution in [0.25, 0.3) is 0 Å². The van der Waals surface area contributed by atoms with Crippen LogP contribution in [0.15, 0.2) is 18.2 Å². The molecule has 0 bridgehead atoms. The van der Waals surface area contributed by atoms with Crippen LogP contribution in [0, 0.1) is 18.2 Å². The van der Waals surface area contributed by atoms with Crippen molar-refractivity contribution in [2.75, 3.05) is 19.6 Å². The number of terminal acetylenes is 1. The van der Waals surface area contributed by atoms with Gasteiger partial charge in [0.2, 0.25) is 0 Å². The van der Waals surface area contributed by atoms with Crippen LogP contribution < -0.4 is 5.32 Å². The van der Waals surface area contributed by atoms with E-state index in [0.717, 1.165) is 37.2 Å². The molecule has 0 saturated carbocycles. The molecule has 2 nitrogen and oxygen atoms in total. The van der Waals surface area contributed by atoms with Gasteiger partial charge in [-0.15, -0.1) is 6.42 Å². The van der Waals surface area contributed by atoms with Crippen LogP contribution >= 0.6 is 0 Å². The summed E-state index contributed by atoms with van der Waals surface area (Å²) >= 11 is 0. The molecule has 0 aliphatic rings. The quantitative estimate of drug-likeness (QED) is 0.725. The Morgan fingerprint density at radius 1 is 1.37 bits per heavy atom. The zero-order valence-electron chi connectivity index (χ0n) is 11.9. The summed E-state index contributed by atoms with van der Waals surface area (Å²) in [6.45, 7) is 7.86. The largest absolute Gasteiger partial charge is 0.313 e. The Morgan fingerprint density at radius 2 is 2.16 bits per heavy atom. The Bertz CT molecular complexity index is 423. The van der Waals surface area contributed by atoms with Crippen molar-refractivity contribution in [2.45, 2.75) is 33.4 Å². The second kappa shape index (κ2) is 8.68. The van der Waals surface area contributed by atoms with Gasteiger partial charge < -0.3 is 5.32 Å². The molecular formula is C16H23FN2. The lowest BCUT2D eigenvalue weighted by molar-refractivity contribution is 0.295. The summed E-state index contributed by atoms with van der Waals surface area (Å²) in [4.78, 5) is 2.09. The summed E-state index contributed by atoms with van der Waals surface area (Å²) in [5.41, 5.74) is 1.83. The zero-order valence-corrected chi connectivity index (χ0v) is 11.9. The van der Waals surface area contributed by atoms with Crippen LogP contribution in [-0.2, 0) is 13.1 Å². The second-order valence-corrected chi connectivity index (χ2v) is 4.62. The van der Waals surface area contributed by atoms with Gasteiger partial charge in [0.15, 0.2) is 0 Å². The topological polar surface area (TPSA) is 15.3 Å². The van der Waals surface area contributed by atoms with Crippen molar-refractivity contribution in [3.63, 3.8) is 0 Å². The van der Waals surface area contributed by atoms with Gasteiger partial charge in [-0.05, 0) is 31.1 Å². The third kappa shape index (κ3) is 5.42. The summed E-state index contributed by atoms with van der Waals surface area (Å²) in [7, 11) is 0. The smallest absolute Gasteiger partial charge is 0.127 e. The average Bonchev–Trinajstić information content (AvgIpc) is 2.40. The number of nitrogens with zero attached hydrogens (tertiary/aromatic N) is 1. The molecule has 0 aliphatic carbocycles. The molecule has 19 heavy (non-hydrogen) atoms. The van der Waals surface area contributed by atoms with Gasteiger partial charge in [0.05, 0.1) is 6.54 Å². The molecule has 0 amide bonds. The van der Waals surface area contributed by atoms with E-state index in [4.69, 9.17) is 6.42 Å². The Labute approximate surface area is 116 Å². The van der Waals surface area contributed by atoms with E-state index in [0.29, 0.717) is 13.1 Å². The van der Waals surface area contributed by atoms with Crippen molar-refractivity contribution < 1.29 is 4.39 Å². The van der Waals surface area contributed by atoms with E-state index >= 15 is 0 Å². The van der Waals surface area contributed by atoms with Crippen molar-refractivity contribution in [2.24, 2.45) is 0 Å². The van der Waals surface area contributed by atoms with Crippen molar-refractivity contribution in [3.8, 4) is 12.3 Å². The number of hydrogen-bond donors (Lipinski definition) is 1. The molecule has 3 heteroatoms. The molecule has 0 unspecified atom stereocenters. The third-order valence-corrected chi connectivity index (χ3v) is 2.94. The number of halogens is 1. The van der Waals surface area contributed by atoms with Gasteiger partial charge in [-0.25, -0.2) is 4.39 Å². The highest BCUT2D eigenvalue weighted by atomic mass is 19.1. The molecule has 0 spiro atoms. The Balaban J connectivity index is 2.76. The molecule has 1 aromatic carbocycles. The minimum Gasteiger partial charge on any atom is -0.313 e. The second-order valence-electron chi connectivity index (χ2n) is 4.62. The Hall–Kier alpha value is -1.37. The van der Waals surface area contributed by atoms with Crippen LogP contribution in [0.2, 0.25) is 0 Å². The van der Waals surface area contributed by atoms with Crippen LogP contribution in [0.5, 0.6) is 0 Å². The van der Waals surface area contributed by atoms with E-state index in [9.17, 15) is 4.39 Å². The van der Waals surface area contributed by atoms with Crippen LogP contribution in [0.4, 0.5) is 4.39 Å². The zero-order chi connectivity index (χ0) is 14.1. The first kappa shape index (κ1) is 15.7. The molecule has 1 rings (SSSR count). The van der Waals surface area contributed by atoms with E-state index in [1.807, 2.05) is 12.1 Å². The average molecular weight is 262 g/mol. The van der Waals surface area contributed by atoms with Crippen molar-refractivity contribution >= 4 is 0 Å². The van der Waals surface area contributed by atoms with Crippen LogP contribution in [0.3, 0.4) is 0 Å². The SMILES string of the molecule is C#CCN(CCC)Cc1cc(CNCC)ccc1F. The standard InChI is InChI=1S/C16H23FN2/c1-4-9-19(10-5-2)13-15-11-14(12-18-6-3)7-8-16(15)17/h1,7-8,11,18H,5-6,9-10,12-13H2,2-3H3. The number of rotatable bonds is 8. The minimum absolute atomic E-state index is 0.154. The fourth-order valence-electron chi connectivity index (χ4n) is 2.03. The highest BCUT2D eigenvalue weighted by molar-refractivity contribution is 5.25. The first-order chi connectivity index (χ1) is 9.21. The lowest BCUT2D eigenvalue weighted by atomic mass is 10.1. The molecule has 1 N–H and O–H groups in total. The summed E-state index contributed by atoms with van der Waals surface area (Å²) < 4.78 is 13.8. The van der Waals surface area contributed by atoms with Gasteiger partial charge in [-0.1, -0.05) is 31.9 Å². The van der Waals surface area contributed by atoms with E-state index in [-0.39, 0.29) is 5.82 Å². The van der Waals surface area contributed by atoms with Crippen molar-refractivity contribution in [1.29, 1.82) is 0 Å². The predicted octanol–water partition coefficient (Wildman–Crippen LogP) is 2.78. The van der Waals surface area contributed by atoms with Gasteiger partial charge in [0, 0.05) is 18.7 Å². The number of benzene rings is 1. The summed E-state index contributed by atoms with van der Waals surface area (Å²) in [6, 6.07) is 5.30. The van der Waals surface area contributed by atoms with Crippen LogP contribution in [-0.4, -0.2) is 24.5 Å². The molecular weight excluding hydrogens is 239 g/mol. The third-order valence-electron chi connectivity index (χ3n) is 2.94. The first-order valence-corrected chi connectivity index (χ1v) is 6.85.